The summed E-state index contributed by atoms with van der Waals surface area (Å²) in [5.74, 6) is -0.608. The highest BCUT2D eigenvalue weighted by atomic mass is 35.5. The van der Waals surface area contributed by atoms with Crippen molar-refractivity contribution in [3.63, 3.8) is 0 Å². The van der Waals surface area contributed by atoms with E-state index in [-0.39, 0.29) is 10.6 Å². The maximum atomic E-state index is 12.8. The van der Waals surface area contributed by atoms with Crippen LogP contribution in [0, 0.1) is 5.82 Å². The molecule has 0 fully saturated rings. The van der Waals surface area contributed by atoms with E-state index in [1.165, 1.54) is 12.1 Å². The smallest absolute Gasteiger partial charge is 0.147 e. The predicted molar refractivity (Wildman–Crippen MR) is 41.7 cm³/mol. The minimum Gasteiger partial charge on any atom is -0.399 e. The Kier molecular flexibility index (Phi) is 2.31. The summed E-state index contributed by atoms with van der Waals surface area (Å²) in [7, 11) is 0. The van der Waals surface area contributed by atoms with Gasteiger partial charge in [-0.05, 0) is 12.1 Å². The van der Waals surface area contributed by atoms with E-state index in [1.807, 2.05) is 0 Å². The molecule has 0 spiro atoms. The van der Waals surface area contributed by atoms with E-state index in [2.05, 4.69) is 0 Å². The van der Waals surface area contributed by atoms with Crippen LogP contribution in [0.15, 0.2) is 12.1 Å². The van der Waals surface area contributed by atoms with Crippen molar-refractivity contribution >= 4 is 17.3 Å². The van der Waals surface area contributed by atoms with Crippen LogP contribution in [-0.2, 0) is 6.61 Å². The standard InChI is InChI=1S/C7H7ClFNO/c8-6-2-5(10)1-4(3-11)7(6)9/h1-2,11H,3,10H2. The minimum atomic E-state index is -0.608. The molecule has 0 radical (unpaired) electrons. The molecule has 0 unspecified atom stereocenters. The summed E-state index contributed by atoms with van der Waals surface area (Å²) in [6.07, 6.45) is 0. The molecule has 1 aromatic carbocycles. The fourth-order valence-corrected chi connectivity index (χ4v) is 1.03. The van der Waals surface area contributed by atoms with Crippen molar-refractivity contribution in [3.8, 4) is 0 Å². The van der Waals surface area contributed by atoms with E-state index in [4.69, 9.17) is 22.4 Å². The van der Waals surface area contributed by atoms with E-state index in [9.17, 15) is 4.39 Å². The minimum absolute atomic E-state index is 0.0611. The Morgan fingerprint density at radius 2 is 2.18 bits per heavy atom. The zero-order valence-corrected chi connectivity index (χ0v) is 6.40. The summed E-state index contributed by atoms with van der Waals surface area (Å²) >= 11 is 5.43. The van der Waals surface area contributed by atoms with Crippen LogP contribution in [0.1, 0.15) is 5.56 Å². The lowest BCUT2D eigenvalue weighted by Crippen LogP contribution is -1.94. The van der Waals surface area contributed by atoms with Gasteiger partial charge in [0.25, 0.3) is 0 Å². The molecule has 0 aliphatic heterocycles. The number of benzene rings is 1. The molecule has 0 heterocycles. The lowest BCUT2D eigenvalue weighted by molar-refractivity contribution is 0.276. The summed E-state index contributed by atoms with van der Waals surface area (Å²) in [5, 5.41) is 8.55. The summed E-state index contributed by atoms with van der Waals surface area (Å²) in [6, 6.07) is 2.65. The van der Waals surface area contributed by atoms with E-state index in [1.54, 1.807) is 0 Å². The van der Waals surface area contributed by atoms with Crippen molar-refractivity contribution in [2.75, 3.05) is 5.73 Å². The molecule has 0 saturated heterocycles. The molecule has 0 bridgehead atoms. The maximum absolute atomic E-state index is 12.8. The second-order valence-corrected chi connectivity index (χ2v) is 2.54. The molecule has 4 heteroatoms. The number of aliphatic hydroxyl groups is 1. The van der Waals surface area contributed by atoms with E-state index in [0.717, 1.165) is 0 Å². The molecule has 0 aliphatic carbocycles. The number of hydrogen-bond acceptors (Lipinski definition) is 2. The number of nitrogen functional groups attached to an aromatic ring is 1. The Morgan fingerprint density at radius 3 is 2.73 bits per heavy atom. The van der Waals surface area contributed by atoms with Crippen LogP contribution in [0.4, 0.5) is 10.1 Å². The number of nitrogens with two attached hydrogens (primary N) is 1. The van der Waals surface area contributed by atoms with Crippen molar-refractivity contribution < 1.29 is 9.50 Å². The van der Waals surface area contributed by atoms with Crippen LogP contribution in [0.5, 0.6) is 0 Å². The molecule has 1 aromatic rings. The molecule has 0 amide bonds. The first-order valence-electron chi connectivity index (χ1n) is 2.99. The molecule has 3 N–H and O–H groups in total. The van der Waals surface area contributed by atoms with Gasteiger partial charge < -0.3 is 10.8 Å². The average Bonchev–Trinajstić information content (AvgIpc) is 1.96. The fraction of sp³-hybridized carbons (Fsp3) is 0.143. The second kappa shape index (κ2) is 3.07. The van der Waals surface area contributed by atoms with Crippen molar-refractivity contribution in [2.24, 2.45) is 0 Å². The lowest BCUT2D eigenvalue weighted by Gasteiger charge is -2.02. The number of hydrogen-bond donors (Lipinski definition) is 2. The first kappa shape index (κ1) is 8.30. The first-order chi connectivity index (χ1) is 5.15. The number of rotatable bonds is 1. The maximum Gasteiger partial charge on any atom is 0.147 e. The topological polar surface area (TPSA) is 46.2 Å². The lowest BCUT2D eigenvalue weighted by atomic mass is 10.2. The van der Waals surface area contributed by atoms with Crippen molar-refractivity contribution in [1.29, 1.82) is 0 Å². The Hall–Kier alpha value is -0.800. The molecular formula is C7H7ClFNO. The summed E-state index contributed by atoms with van der Waals surface area (Å²) in [4.78, 5) is 0. The molecule has 11 heavy (non-hydrogen) atoms. The van der Waals surface area contributed by atoms with Gasteiger partial charge in [0.15, 0.2) is 0 Å². The number of aliphatic hydroxyl groups excluding tert-OH is 1. The number of halogens is 2. The molecule has 60 valence electrons. The highest BCUT2D eigenvalue weighted by Gasteiger charge is 2.06. The van der Waals surface area contributed by atoms with E-state index in [0.29, 0.717) is 5.69 Å². The quantitative estimate of drug-likeness (QED) is 0.637. The van der Waals surface area contributed by atoms with Crippen LogP contribution in [0.25, 0.3) is 0 Å². The highest BCUT2D eigenvalue weighted by molar-refractivity contribution is 6.31. The Bertz CT molecular complexity index is 277. The molecule has 1 rings (SSSR count). The monoisotopic (exact) mass is 175 g/mol. The van der Waals surface area contributed by atoms with Gasteiger partial charge in [-0.15, -0.1) is 0 Å². The Labute approximate surface area is 68.4 Å². The Morgan fingerprint density at radius 1 is 1.55 bits per heavy atom. The van der Waals surface area contributed by atoms with Crippen LogP contribution in [-0.4, -0.2) is 5.11 Å². The van der Waals surface area contributed by atoms with Gasteiger partial charge in [-0.25, -0.2) is 4.39 Å². The molecule has 0 aliphatic rings. The van der Waals surface area contributed by atoms with Crippen molar-refractivity contribution in [1.82, 2.24) is 0 Å². The third-order valence-electron chi connectivity index (χ3n) is 1.30. The van der Waals surface area contributed by atoms with Gasteiger partial charge >= 0.3 is 0 Å². The Balaban J connectivity index is 3.24. The van der Waals surface area contributed by atoms with Gasteiger partial charge in [0.1, 0.15) is 5.82 Å². The summed E-state index contributed by atoms with van der Waals surface area (Å²) in [6.45, 7) is -0.392. The second-order valence-electron chi connectivity index (χ2n) is 2.13. The summed E-state index contributed by atoms with van der Waals surface area (Å²) < 4.78 is 12.8. The molecule has 2 nitrogen and oxygen atoms in total. The SMILES string of the molecule is Nc1cc(Cl)c(F)c(CO)c1. The third-order valence-corrected chi connectivity index (χ3v) is 1.57. The highest BCUT2D eigenvalue weighted by Crippen LogP contribution is 2.21. The van der Waals surface area contributed by atoms with Gasteiger partial charge in [0.2, 0.25) is 0 Å². The fourth-order valence-electron chi connectivity index (χ4n) is 0.784. The zero-order valence-electron chi connectivity index (χ0n) is 5.64. The first-order valence-corrected chi connectivity index (χ1v) is 3.37. The van der Waals surface area contributed by atoms with Gasteiger partial charge in [0.05, 0.1) is 11.6 Å². The molecule has 0 saturated carbocycles. The van der Waals surface area contributed by atoms with Crippen molar-refractivity contribution in [3.05, 3.63) is 28.5 Å². The van der Waals surface area contributed by atoms with Gasteiger partial charge in [-0.3, -0.25) is 0 Å². The summed E-state index contributed by atoms with van der Waals surface area (Å²) in [5.41, 5.74) is 5.81. The average molecular weight is 176 g/mol. The van der Waals surface area contributed by atoms with Crippen LogP contribution >= 0.6 is 11.6 Å². The van der Waals surface area contributed by atoms with Crippen LogP contribution in [0.3, 0.4) is 0 Å². The van der Waals surface area contributed by atoms with Crippen LogP contribution in [0.2, 0.25) is 5.02 Å². The third kappa shape index (κ3) is 1.61. The largest absolute Gasteiger partial charge is 0.399 e. The zero-order chi connectivity index (χ0) is 8.43. The van der Waals surface area contributed by atoms with E-state index < -0.39 is 12.4 Å². The van der Waals surface area contributed by atoms with Crippen molar-refractivity contribution in [2.45, 2.75) is 6.61 Å². The van der Waals surface area contributed by atoms with Gasteiger partial charge in [-0.1, -0.05) is 11.6 Å². The molecular weight excluding hydrogens is 169 g/mol. The van der Waals surface area contributed by atoms with Gasteiger partial charge in [-0.2, -0.15) is 0 Å². The predicted octanol–water partition coefficient (Wildman–Crippen LogP) is 1.55. The van der Waals surface area contributed by atoms with Gasteiger partial charge in [0, 0.05) is 11.3 Å². The molecule has 0 aromatic heterocycles. The number of anilines is 1. The van der Waals surface area contributed by atoms with E-state index >= 15 is 0 Å². The van der Waals surface area contributed by atoms with Crippen LogP contribution < -0.4 is 5.73 Å². The normalized spacial score (nSPS) is 10.1. The molecule has 0 atom stereocenters.